The Hall–Kier alpha value is -0.280. The third-order valence-electron chi connectivity index (χ3n) is 2.39. The Labute approximate surface area is 101 Å². The van der Waals surface area contributed by atoms with Crippen LogP contribution in [-0.2, 0) is 0 Å². The van der Waals surface area contributed by atoms with Gasteiger partial charge in [-0.05, 0) is 0 Å². The molecule has 0 aliphatic rings. The largest absolute Gasteiger partial charge is 0.392 e. The molecule has 0 aromatic heterocycles. The van der Waals surface area contributed by atoms with Crippen LogP contribution in [0.1, 0.15) is 12.8 Å². The monoisotopic (exact) mass is 251 g/mol. The van der Waals surface area contributed by atoms with E-state index in [1.807, 2.05) is 0 Å². The third-order valence-corrected chi connectivity index (χ3v) is 2.39. The van der Waals surface area contributed by atoms with Crippen molar-refractivity contribution in [2.45, 2.75) is 37.3 Å². The van der Waals surface area contributed by atoms with Gasteiger partial charge in [0, 0.05) is 39.0 Å². The molecule has 0 aliphatic carbocycles. The molecule has 1 unspecified atom stereocenters. The van der Waals surface area contributed by atoms with Gasteiger partial charge in [0.2, 0.25) is 0 Å². The lowest BCUT2D eigenvalue weighted by Gasteiger charge is -2.18. The van der Waals surface area contributed by atoms with Crippen LogP contribution in [0, 0.1) is 0 Å². The lowest BCUT2D eigenvalue weighted by molar-refractivity contribution is 0.0701. The average molecular weight is 251 g/mol. The van der Waals surface area contributed by atoms with Crippen LogP contribution in [0.15, 0.2) is 0 Å². The Balaban J connectivity index is 3.55. The van der Waals surface area contributed by atoms with E-state index >= 15 is 0 Å². The molecule has 0 saturated carbocycles. The molecule has 0 aromatic rings. The summed E-state index contributed by atoms with van der Waals surface area (Å²) in [5, 5.41) is 40.1. The summed E-state index contributed by atoms with van der Waals surface area (Å²) >= 11 is 0. The van der Waals surface area contributed by atoms with E-state index in [9.17, 15) is 20.4 Å². The number of rotatable bonds is 10. The summed E-state index contributed by atoms with van der Waals surface area (Å²) in [4.78, 5) is 0. The molecule has 7 heteroatoms. The Morgan fingerprint density at radius 2 is 1.06 bits per heavy atom. The van der Waals surface area contributed by atoms with Crippen LogP contribution in [-0.4, -0.2) is 71.0 Å². The van der Waals surface area contributed by atoms with Crippen molar-refractivity contribution in [3.8, 4) is 0 Å². The van der Waals surface area contributed by atoms with Crippen LogP contribution < -0.4 is 16.8 Å². The van der Waals surface area contributed by atoms with Crippen LogP contribution >= 0.6 is 0 Å². The molecule has 17 heavy (non-hydrogen) atoms. The maximum Gasteiger partial charge on any atom is 0.0689 e. The standard InChI is InChI=1S/C10H25N3O4/c11-3-7(14)1-9(16)5-13-6-10(17)2-8(15)4-12/h7-10,13-17H,1-6,11-12H2/t7-,8?,9+,10-/m1/s1. The van der Waals surface area contributed by atoms with Crippen LogP contribution in [0.5, 0.6) is 0 Å². The van der Waals surface area contributed by atoms with Crippen LogP contribution in [0.25, 0.3) is 0 Å². The molecule has 0 aromatic carbocycles. The molecule has 0 radical (unpaired) electrons. The SMILES string of the molecule is NCC(O)C[C@@H](O)CNC[C@@H](O)C[C@@H](O)CN. The summed E-state index contributed by atoms with van der Waals surface area (Å²) in [7, 11) is 0. The second kappa shape index (κ2) is 9.72. The Morgan fingerprint density at radius 1 is 0.706 bits per heavy atom. The van der Waals surface area contributed by atoms with Crippen molar-refractivity contribution < 1.29 is 20.4 Å². The fourth-order valence-corrected chi connectivity index (χ4v) is 1.40. The van der Waals surface area contributed by atoms with Gasteiger partial charge in [0.25, 0.3) is 0 Å². The third kappa shape index (κ3) is 9.42. The first-order valence-corrected chi connectivity index (χ1v) is 5.82. The molecular formula is C10H25N3O4. The fraction of sp³-hybridized carbons (Fsp3) is 1.00. The normalized spacial score (nSPS) is 18.7. The van der Waals surface area contributed by atoms with Gasteiger partial charge in [0.15, 0.2) is 0 Å². The van der Waals surface area contributed by atoms with E-state index in [1.165, 1.54) is 0 Å². The molecule has 104 valence electrons. The first kappa shape index (κ1) is 16.7. The molecule has 7 nitrogen and oxygen atoms in total. The Kier molecular flexibility index (Phi) is 9.56. The number of aliphatic hydroxyl groups excluding tert-OH is 4. The van der Waals surface area contributed by atoms with Crippen LogP contribution in [0.2, 0.25) is 0 Å². The maximum atomic E-state index is 9.46. The summed E-state index contributed by atoms with van der Waals surface area (Å²) in [6.07, 6.45) is -2.44. The smallest absolute Gasteiger partial charge is 0.0689 e. The van der Waals surface area contributed by atoms with Crippen LogP contribution in [0.4, 0.5) is 0 Å². The van der Waals surface area contributed by atoms with Crippen molar-refractivity contribution in [3.05, 3.63) is 0 Å². The predicted molar refractivity (Wildman–Crippen MR) is 64.2 cm³/mol. The van der Waals surface area contributed by atoms with Gasteiger partial charge in [-0.3, -0.25) is 0 Å². The van der Waals surface area contributed by atoms with Gasteiger partial charge in [-0.15, -0.1) is 0 Å². The van der Waals surface area contributed by atoms with Crippen molar-refractivity contribution >= 4 is 0 Å². The predicted octanol–water partition coefficient (Wildman–Crippen LogP) is -3.28. The van der Waals surface area contributed by atoms with E-state index in [-0.39, 0.29) is 39.0 Å². The van der Waals surface area contributed by atoms with E-state index in [1.54, 1.807) is 0 Å². The highest BCUT2D eigenvalue weighted by Gasteiger charge is 2.13. The minimum Gasteiger partial charge on any atom is -0.392 e. The number of nitrogens with one attached hydrogen (secondary N) is 1. The second-order valence-corrected chi connectivity index (χ2v) is 4.22. The zero-order valence-electron chi connectivity index (χ0n) is 10.00. The van der Waals surface area contributed by atoms with Gasteiger partial charge in [-0.1, -0.05) is 0 Å². The maximum absolute atomic E-state index is 9.46. The Morgan fingerprint density at radius 3 is 1.35 bits per heavy atom. The highest BCUT2D eigenvalue weighted by molar-refractivity contribution is 4.70. The molecule has 0 bridgehead atoms. The fourth-order valence-electron chi connectivity index (χ4n) is 1.40. The quantitative estimate of drug-likeness (QED) is 0.215. The number of hydrogen-bond acceptors (Lipinski definition) is 7. The van der Waals surface area contributed by atoms with Crippen molar-refractivity contribution in [1.82, 2.24) is 5.32 Å². The van der Waals surface area contributed by atoms with Crippen LogP contribution in [0.3, 0.4) is 0 Å². The van der Waals surface area contributed by atoms with Crippen molar-refractivity contribution in [1.29, 1.82) is 0 Å². The minimum absolute atomic E-state index is 0.113. The second-order valence-electron chi connectivity index (χ2n) is 4.22. The first-order valence-electron chi connectivity index (χ1n) is 5.82. The zero-order chi connectivity index (χ0) is 13.3. The summed E-state index contributed by atoms with van der Waals surface area (Å²) < 4.78 is 0. The molecule has 9 N–H and O–H groups in total. The summed E-state index contributed by atoms with van der Waals surface area (Å²) in [6.45, 7) is 0.741. The molecule has 0 heterocycles. The molecule has 0 rings (SSSR count). The molecule has 0 spiro atoms. The van der Waals surface area contributed by atoms with Crippen molar-refractivity contribution in [3.63, 3.8) is 0 Å². The zero-order valence-corrected chi connectivity index (χ0v) is 10.00. The summed E-state index contributed by atoms with van der Waals surface area (Å²) in [6, 6.07) is 0. The van der Waals surface area contributed by atoms with Gasteiger partial charge in [0.05, 0.1) is 24.4 Å². The van der Waals surface area contributed by atoms with E-state index < -0.39 is 24.4 Å². The molecule has 0 amide bonds. The molecule has 4 atom stereocenters. The van der Waals surface area contributed by atoms with E-state index in [2.05, 4.69) is 5.32 Å². The van der Waals surface area contributed by atoms with E-state index in [0.717, 1.165) is 0 Å². The number of nitrogens with two attached hydrogens (primary N) is 2. The molecule has 0 fully saturated rings. The molecular weight excluding hydrogens is 226 g/mol. The summed E-state index contributed by atoms with van der Waals surface area (Å²) in [5.41, 5.74) is 10.4. The highest BCUT2D eigenvalue weighted by Crippen LogP contribution is 1.98. The number of hydrogen-bond donors (Lipinski definition) is 7. The van der Waals surface area contributed by atoms with Gasteiger partial charge in [-0.25, -0.2) is 0 Å². The van der Waals surface area contributed by atoms with Gasteiger partial charge in [-0.2, -0.15) is 0 Å². The highest BCUT2D eigenvalue weighted by atomic mass is 16.3. The topological polar surface area (TPSA) is 145 Å². The minimum atomic E-state index is -0.712. The first-order chi connectivity index (χ1) is 7.99. The summed E-state index contributed by atoms with van der Waals surface area (Å²) in [5.74, 6) is 0. The Bertz CT molecular complexity index is 167. The molecule has 0 aliphatic heterocycles. The van der Waals surface area contributed by atoms with Crippen molar-refractivity contribution in [2.75, 3.05) is 26.2 Å². The van der Waals surface area contributed by atoms with Gasteiger partial charge < -0.3 is 37.2 Å². The number of aliphatic hydroxyl groups is 4. The lowest BCUT2D eigenvalue weighted by atomic mass is 10.1. The average Bonchev–Trinajstić information content (AvgIpc) is 2.28. The van der Waals surface area contributed by atoms with E-state index in [0.29, 0.717) is 0 Å². The molecule has 0 saturated heterocycles. The van der Waals surface area contributed by atoms with Crippen molar-refractivity contribution in [2.24, 2.45) is 11.5 Å². The van der Waals surface area contributed by atoms with Gasteiger partial charge in [0.1, 0.15) is 0 Å². The van der Waals surface area contributed by atoms with E-state index in [4.69, 9.17) is 11.5 Å². The lowest BCUT2D eigenvalue weighted by Crippen LogP contribution is -2.37. The van der Waals surface area contributed by atoms with Gasteiger partial charge >= 0.3 is 0 Å².